The Hall–Kier alpha value is -1.44. The molecule has 0 spiro atoms. The zero-order valence-electron chi connectivity index (χ0n) is 11.1. The van der Waals surface area contributed by atoms with Gasteiger partial charge in [0.25, 0.3) is 5.91 Å². The van der Waals surface area contributed by atoms with Gasteiger partial charge in [0.05, 0.1) is 23.3 Å². The van der Waals surface area contributed by atoms with E-state index in [0.29, 0.717) is 4.88 Å². The molecule has 0 aliphatic heterocycles. The van der Waals surface area contributed by atoms with Gasteiger partial charge < -0.3 is 15.2 Å². The molecule has 0 saturated carbocycles. The number of nitrogens with one attached hydrogen (secondary N) is 1. The second kappa shape index (κ2) is 5.68. The zero-order chi connectivity index (χ0) is 14.0. The van der Waals surface area contributed by atoms with E-state index in [1.54, 1.807) is 4.68 Å². The molecule has 0 fully saturated rings. The van der Waals surface area contributed by atoms with Gasteiger partial charge in [-0.1, -0.05) is 0 Å². The molecule has 1 unspecified atom stereocenters. The fourth-order valence-electron chi connectivity index (χ4n) is 1.87. The molecule has 0 radical (unpaired) electrons. The standard InChI is InChI=1S/C12H17N3O3S/c1-7-9-4-10(19-12(9)15(2)14-7)11(17)13-5-8(16)6-18-3/h4,8,16H,5-6H2,1-3H3,(H,13,17). The lowest BCUT2D eigenvalue weighted by atomic mass is 10.3. The van der Waals surface area contributed by atoms with Crippen LogP contribution in [0.25, 0.3) is 10.2 Å². The Bertz CT molecular complexity index is 556. The SMILES string of the molecule is COCC(O)CNC(=O)c1cc2c(C)nn(C)c2s1. The summed E-state index contributed by atoms with van der Waals surface area (Å²) in [4.78, 5) is 13.6. The van der Waals surface area contributed by atoms with Gasteiger partial charge in [-0.15, -0.1) is 11.3 Å². The van der Waals surface area contributed by atoms with Gasteiger partial charge in [-0.2, -0.15) is 5.10 Å². The van der Waals surface area contributed by atoms with Gasteiger partial charge in [0, 0.05) is 26.1 Å². The van der Waals surface area contributed by atoms with Crippen molar-refractivity contribution < 1.29 is 14.6 Å². The number of aryl methyl sites for hydroxylation is 2. The maximum Gasteiger partial charge on any atom is 0.261 e. The number of hydrogen-bond acceptors (Lipinski definition) is 5. The van der Waals surface area contributed by atoms with Gasteiger partial charge in [-0.3, -0.25) is 9.48 Å². The van der Waals surface area contributed by atoms with Crippen LogP contribution in [-0.2, 0) is 11.8 Å². The molecule has 7 heteroatoms. The minimum atomic E-state index is -0.688. The Balaban J connectivity index is 2.07. The zero-order valence-corrected chi connectivity index (χ0v) is 12.0. The highest BCUT2D eigenvalue weighted by molar-refractivity contribution is 7.20. The van der Waals surface area contributed by atoms with E-state index in [1.807, 2.05) is 20.0 Å². The van der Waals surface area contributed by atoms with Crippen LogP contribution in [0.2, 0.25) is 0 Å². The van der Waals surface area contributed by atoms with E-state index >= 15 is 0 Å². The van der Waals surface area contributed by atoms with Gasteiger partial charge in [0.2, 0.25) is 0 Å². The summed E-state index contributed by atoms with van der Waals surface area (Å²) in [5.74, 6) is -0.184. The van der Waals surface area contributed by atoms with Gasteiger partial charge >= 0.3 is 0 Å². The lowest BCUT2D eigenvalue weighted by molar-refractivity contribution is 0.0611. The fourth-order valence-corrected chi connectivity index (χ4v) is 2.91. The van der Waals surface area contributed by atoms with Crippen molar-refractivity contribution in [2.24, 2.45) is 7.05 Å². The van der Waals surface area contributed by atoms with E-state index in [-0.39, 0.29) is 19.1 Å². The predicted molar refractivity (Wildman–Crippen MR) is 73.5 cm³/mol. The van der Waals surface area contributed by atoms with Crippen LogP contribution in [0.4, 0.5) is 0 Å². The molecule has 1 amide bonds. The summed E-state index contributed by atoms with van der Waals surface area (Å²) in [6, 6.07) is 1.83. The number of ether oxygens (including phenoxy) is 1. The first-order valence-electron chi connectivity index (χ1n) is 5.91. The number of carbonyl (C=O) groups is 1. The Morgan fingerprint density at radius 3 is 3.05 bits per heavy atom. The van der Waals surface area contributed by atoms with Crippen molar-refractivity contribution in [1.82, 2.24) is 15.1 Å². The quantitative estimate of drug-likeness (QED) is 0.846. The number of thiophene rings is 1. The summed E-state index contributed by atoms with van der Waals surface area (Å²) in [7, 11) is 3.36. The number of amides is 1. The highest BCUT2D eigenvalue weighted by Crippen LogP contribution is 2.27. The topological polar surface area (TPSA) is 76.4 Å². The number of aliphatic hydroxyl groups is 1. The smallest absolute Gasteiger partial charge is 0.261 e. The molecule has 0 saturated heterocycles. The van der Waals surface area contributed by atoms with Crippen molar-refractivity contribution in [3.05, 3.63) is 16.6 Å². The minimum Gasteiger partial charge on any atom is -0.389 e. The number of methoxy groups -OCH3 is 1. The molecular formula is C12H17N3O3S. The second-order valence-electron chi connectivity index (χ2n) is 4.36. The molecule has 19 heavy (non-hydrogen) atoms. The molecule has 0 aliphatic carbocycles. The molecule has 2 rings (SSSR count). The third kappa shape index (κ3) is 2.94. The van der Waals surface area contributed by atoms with Crippen molar-refractivity contribution >= 4 is 27.5 Å². The maximum absolute atomic E-state index is 12.0. The molecule has 0 aliphatic rings. The highest BCUT2D eigenvalue weighted by Gasteiger charge is 2.15. The molecule has 2 N–H and O–H groups in total. The maximum atomic E-state index is 12.0. The van der Waals surface area contributed by atoms with Crippen molar-refractivity contribution in [2.75, 3.05) is 20.3 Å². The number of carbonyl (C=O) groups excluding carboxylic acids is 1. The number of fused-ring (bicyclic) bond motifs is 1. The van der Waals surface area contributed by atoms with E-state index in [9.17, 15) is 9.90 Å². The van der Waals surface area contributed by atoms with E-state index in [2.05, 4.69) is 10.4 Å². The Kier molecular flexibility index (Phi) is 4.18. The van der Waals surface area contributed by atoms with E-state index in [4.69, 9.17) is 4.74 Å². The second-order valence-corrected chi connectivity index (χ2v) is 5.39. The van der Waals surface area contributed by atoms with Crippen LogP contribution in [-0.4, -0.2) is 47.2 Å². The molecule has 0 bridgehead atoms. The van der Waals surface area contributed by atoms with E-state index in [1.165, 1.54) is 18.4 Å². The van der Waals surface area contributed by atoms with Crippen molar-refractivity contribution in [3.63, 3.8) is 0 Å². The summed E-state index contributed by atoms with van der Waals surface area (Å²) in [5, 5.41) is 17.5. The first kappa shape index (κ1) is 14.0. The number of nitrogens with zero attached hydrogens (tertiary/aromatic N) is 2. The molecule has 0 aromatic carbocycles. The third-order valence-electron chi connectivity index (χ3n) is 2.78. The van der Waals surface area contributed by atoms with Crippen LogP contribution >= 0.6 is 11.3 Å². The number of hydrogen-bond donors (Lipinski definition) is 2. The van der Waals surface area contributed by atoms with Gasteiger partial charge in [0.15, 0.2) is 0 Å². The van der Waals surface area contributed by atoms with Gasteiger partial charge in [0.1, 0.15) is 4.83 Å². The summed E-state index contributed by atoms with van der Waals surface area (Å²) in [6.45, 7) is 2.30. The number of aliphatic hydroxyl groups excluding tert-OH is 1. The lowest BCUT2D eigenvalue weighted by Crippen LogP contribution is -2.33. The summed E-state index contributed by atoms with van der Waals surface area (Å²) in [6.07, 6.45) is -0.688. The Labute approximate surface area is 115 Å². The summed E-state index contributed by atoms with van der Waals surface area (Å²) >= 11 is 1.39. The van der Waals surface area contributed by atoms with Crippen LogP contribution in [0.5, 0.6) is 0 Å². The molecular weight excluding hydrogens is 266 g/mol. The highest BCUT2D eigenvalue weighted by atomic mass is 32.1. The van der Waals surface area contributed by atoms with Crippen LogP contribution in [0, 0.1) is 6.92 Å². The summed E-state index contributed by atoms with van der Waals surface area (Å²) in [5.41, 5.74) is 0.909. The van der Waals surface area contributed by atoms with Crippen LogP contribution < -0.4 is 5.32 Å². The predicted octanol–water partition coefficient (Wildman–Crippen LogP) is 0.680. The van der Waals surface area contributed by atoms with Crippen molar-refractivity contribution in [2.45, 2.75) is 13.0 Å². The number of rotatable bonds is 5. The first-order chi connectivity index (χ1) is 9.02. The molecule has 104 valence electrons. The molecule has 6 nitrogen and oxygen atoms in total. The fraction of sp³-hybridized carbons (Fsp3) is 0.500. The first-order valence-corrected chi connectivity index (χ1v) is 6.73. The summed E-state index contributed by atoms with van der Waals surface area (Å²) < 4.78 is 6.57. The Morgan fingerprint density at radius 2 is 2.42 bits per heavy atom. The number of aromatic nitrogens is 2. The molecule has 2 heterocycles. The van der Waals surface area contributed by atoms with Crippen molar-refractivity contribution in [3.8, 4) is 0 Å². The average molecular weight is 283 g/mol. The van der Waals surface area contributed by atoms with E-state index in [0.717, 1.165) is 15.9 Å². The van der Waals surface area contributed by atoms with Crippen molar-refractivity contribution in [1.29, 1.82) is 0 Å². The van der Waals surface area contributed by atoms with Gasteiger partial charge in [-0.05, 0) is 13.0 Å². The Morgan fingerprint density at radius 1 is 1.68 bits per heavy atom. The van der Waals surface area contributed by atoms with Crippen LogP contribution in [0.1, 0.15) is 15.4 Å². The lowest BCUT2D eigenvalue weighted by Gasteiger charge is -2.09. The molecule has 2 aromatic rings. The minimum absolute atomic E-state index is 0.179. The normalized spacial score (nSPS) is 12.8. The molecule has 2 aromatic heterocycles. The van der Waals surface area contributed by atoms with Gasteiger partial charge in [-0.25, -0.2) is 0 Å². The largest absolute Gasteiger partial charge is 0.389 e. The van der Waals surface area contributed by atoms with Crippen LogP contribution in [0.3, 0.4) is 0 Å². The molecule has 1 atom stereocenters. The average Bonchev–Trinajstić information content (AvgIpc) is 2.90. The van der Waals surface area contributed by atoms with Crippen LogP contribution in [0.15, 0.2) is 6.07 Å². The van der Waals surface area contributed by atoms with E-state index < -0.39 is 6.10 Å². The monoisotopic (exact) mass is 283 g/mol. The third-order valence-corrected chi connectivity index (χ3v) is 3.98.